The SMILES string of the molecule is CN1Cc2cc(Nc3ncc(-c4ccc(CC(=O)Nc5cc(C6(C(F)(F)F)CC6)on5)c(F)c4)cn3)ccc2C1=O. The molecule has 2 amide bonds. The van der Waals surface area contributed by atoms with E-state index in [1.54, 1.807) is 30.1 Å². The molecule has 0 atom stereocenters. The van der Waals surface area contributed by atoms with E-state index in [1.807, 2.05) is 6.07 Å². The molecule has 9 nitrogen and oxygen atoms in total. The number of halogens is 4. The van der Waals surface area contributed by atoms with Crippen molar-refractivity contribution in [2.75, 3.05) is 17.7 Å². The Labute approximate surface area is 230 Å². The van der Waals surface area contributed by atoms with Crippen LogP contribution in [0.15, 0.2) is 59.4 Å². The molecule has 0 unspecified atom stereocenters. The number of fused-ring (bicyclic) bond motifs is 1. The van der Waals surface area contributed by atoms with Gasteiger partial charge in [0.1, 0.15) is 11.2 Å². The second-order valence-corrected chi connectivity index (χ2v) is 10.1. The molecular weight excluding hydrogens is 544 g/mol. The van der Waals surface area contributed by atoms with Crippen molar-refractivity contribution in [1.82, 2.24) is 20.0 Å². The molecule has 4 aromatic rings. The molecule has 1 aliphatic heterocycles. The van der Waals surface area contributed by atoms with E-state index in [-0.39, 0.29) is 42.3 Å². The topological polar surface area (TPSA) is 113 Å². The number of aromatic nitrogens is 3. The largest absolute Gasteiger partial charge is 0.401 e. The van der Waals surface area contributed by atoms with Crippen molar-refractivity contribution in [2.45, 2.75) is 37.4 Å². The number of carbonyl (C=O) groups excluding carboxylic acids is 2. The van der Waals surface area contributed by atoms with Gasteiger partial charge < -0.3 is 20.1 Å². The zero-order valence-corrected chi connectivity index (χ0v) is 21.6. The quantitative estimate of drug-likeness (QED) is 0.289. The van der Waals surface area contributed by atoms with Crippen molar-refractivity contribution >= 4 is 29.3 Å². The predicted octanol–water partition coefficient (Wildman–Crippen LogP) is 5.38. The Morgan fingerprint density at radius 2 is 1.83 bits per heavy atom. The number of amides is 2. The summed E-state index contributed by atoms with van der Waals surface area (Å²) in [6, 6.07) is 10.7. The van der Waals surface area contributed by atoms with E-state index < -0.39 is 23.3 Å². The van der Waals surface area contributed by atoms with Crippen LogP contribution >= 0.6 is 0 Å². The van der Waals surface area contributed by atoms with Gasteiger partial charge >= 0.3 is 6.18 Å². The van der Waals surface area contributed by atoms with Crippen LogP contribution in [-0.2, 0) is 23.2 Å². The van der Waals surface area contributed by atoms with E-state index in [0.717, 1.165) is 17.3 Å². The van der Waals surface area contributed by atoms with Gasteiger partial charge in [0.15, 0.2) is 11.6 Å². The van der Waals surface area contributed by atoms with Crippen molar-refractivity contribution in [2.24, 2.45) is 0 Å². The average molecular weight is 567 g/mol. The van der Waals surface area contributed by atoms with E-state index >= 15 is 0 Å². The van der Waals surface area contributed by atoms with Gasteiger partial charge in [-0.1, -0.05) is 17.3 Å². The second kappa shape index (κ2) is 9.68. The predicted molar refractivity (Wildman–Crippen MR) is 139 cm³/mol. The first kappa shape index (κ1) is 26.4. The normalized spacial score (nSPS) is 15.5. The lowest BCUT2D eigenvalue weighted by Gasteiger charge is -2.14. The summed E-state index contributed by atoms with van der Waals surface area (Å²) in [6.45, 7) is 0.524. The van der Waals surface area contributed by atoms with E-state index in [4.69, 9.17) is 4.52 Å². The summed E-state index contributed by atoms with van der Waals surface area (Å²) >= 11 is 0. The summed E-state index contributed by atoms with van der Waals surface area (Å²) in [5.41, 5.74) is 1.36. The fourth-order valence-corrected chi connectivity index (χ4v) is 4.80. The molecule has 1 fully saturated rings. The molecule has 0 radical (unpaired) electrons. The molecule has 2 aromatic heterocycles. The Hall–Kier alpha value is -4.81. The van der Waals surface area contributed by atoms with Gasteiger partial charge in [-0.3, -0.25) is 9.59 Å². The van der Waals surface area contributed by atoms with Gasteiger partial charge in [-0.2, -0.15) is 13.2 Å². The highest BCUT2D eigenvalue weighted by Gasteiger charge is 2.66. The Morgan fingerprint density at radius 3 is 2.51 bits per heavy atom. The number of alkyl halides is 3. The van der Waals surface area contributed by atoms with E-state index in [0.29, 0.717) is 29.2 Å². The molecule has 2 aliphatic rings. The summed E-state index contributed by atoms with van der Waals surface area (Å²) in [4.78, 5) is 34.7. The molecule has 41 heavy (non-hydrogen) atoms. The Morgan fingerprint density at radius 1 is 1.07 bits per heavy atom. The maximum Gasteiger partial charge on any atom is 0.401 e. The van der Waals surface area contributed by atoms with Crippen LogP contribution in [0, 0.1) is 5.82 Å². The van der Waals surface area contributed by atoms with Crippen molar-refractivity contribution in [3.05, 3.63) is 83.1 Å². The maximum atomic E-state index is 14.8. The third-order valence-electron chi connectivity index (χ3n) is 7.28. The first-order valence-corrected chi connectivity index (χ1v) is 12.6. The van der Waals surface area contributed by atoms with Gasteiger partial charge in [-0.25, -0.2) is 14.4 Å². The minimum atomic E-state index is -4.47. The van der Waals surface area contributed by atoms with Crippen LogP contribution < -0.4 is 10.6 Å². The van der Waals surface area contributed by atoms with Gasteiger partial charge in [-0.15, -0.1) is 0 Å². The minimum absolute atomic E-state index is 0.0224. The van der Waals surface area contributed by atoms with Crippen LogP contribution in [0.25, 0.3) is 11.1 Å². The number of hydrogen-bond acceptors (Lipinski definition) is 7. The molecule has 3 heterocycles. The van der Waals surface area contributed by atoms with Crippen LogP contribution in [0.5, 0.6) is 0 Å². The number of benzene rings is 2. The van der Waals surface area contributed by atoms with Crippen molar-refractivity contribution < 1.29 is 31.7 Å². The zero-order valence-electron chi connectivity index (χ0n) is 21.6. The average Bonchev–Trinajstić information content (AvgIpc) is 3.55. The van der Waals surface area contributed by atoms with Crippen LogP contribution in [0.4, 0.5) is 35.0 Å². The van der Waals surface area contributed by atoms with Gasteiger partial charge in [0.05, 0.1) is 6.42 Å². The van der Waals surface area contributed by atoms with Crippen molar-refractivity contribution in [3.63, 3.8) is 0 Å². The summed E-state index contributed by atoms with van der Waals surface area (Å²) < 4.78 is 59.5. The van der Waals surface area contributed by atoms with E-state index in [9.17, 15) is 27.2 Å². The number of rotatable bonds is 7. The lowest BCUT2D eigenvalue weighted by atomic mass is 10.0. The van der Waals surface area contributed by atoms with E-state index in [1.165, 1.54) is 24.5 Å². The van der Waals surface area contributed by atoms with E-state index in [2.05, 4.69) is 25.8 Å². The molecular formula is C28H22F4N6O3. The minimum Gasteiger partial charge on any atom is -0.358 e. The monoisotopic (exact) mass is 566 g/mol. The van der Waals surface area contributed by atoms with Crippen LogP contribution in [0.1, 0.15) is 40.1 Å². The summed E-state index contributed by atoms with van der Waals surface area (Å²) in [5.74, 6) is -1.52. The second-order valence-electron chi connectivity index (χ2n) is 10.1. The molecule has 2 N–H and O–H groups in total. The first-order valence-electron chi connectivity index (χ1n) is 12.6. The highest BCUT2D eigenvalue weighted by Crippen LogP contribution is 2.59. The molecule has 1 aliphatic carbocycles. The number of nitrogens with one attached hydrogen (secondary N) is 2. The maximum absolute atomic E-state index is 14.8. The number of hydrogen-bond donors (Lipinski definition) is 2. The van der Waals surface area contributed by atoms with Gasteiger partial charge in [-0.05, 0) is 53.8 Å². The highest BCUT2D eigenvalue weighted by molar-refractivity contribution is 5.98. The first-order chi connectivity index (χ1) is 19.5. The molecule has 0 saturated heterocycles. The zero-order chi connectivity index (χ0) is 28.9. The molecule has 6 rings (SSSR count). The molecule has 210 valence electrons. The standard InChI is InChI=1S/C28H22F4N6O3/c1-38-14-17-8-19(4-5-20(17)25(38)40)35-26-33-12-18(13-34-26)15-2-3-16(21(29)9-15)10-24(39)36-23-11-22(41-37-23)27(6-7-27)28(30,31)32/h2-5,8-9,11-13H,6-7,10,14H2,1H3,(H,33,34,35)(H,36,37,39). The Balaban J connectivity index is 1.08. The third-order valence-corrected chi connectivity index (χ3v) is 7.28. The van der Waals surface area contributed by atoms with Crippen LogP contribution in [-0.4, -0.2) is 45.1 Å². The lowest BCUT2D eigenvalue weighted by Crippen LogP contribution is -2.28. The fraction of sp³-hybridized carbons (Fsp3) is 0.250. The Kier molecular flexibility index (Phi) is 6.24. The van der Waals surface area contributed by atoms with Gasteiger partial charge in [0.25, 0.3) is 5.91 Å². The van der Waals surface area contributed by atoms with Crippen molar-refractivity contribution in [1.29, 1.82) is 0 Å². The van der Waals surface area contributed by atoms with Gasteiger partial charge in [0.2, 0.25) is 11.9 Å². The number of anilines is 3. The summed E-state index contributed by atoms with van der Waals surface area (Å²) in [7, 11) is 1.74. The Bertz CT molecular complexity index is 1660. The number of carbonyl (C=O) groups is 2. The van der Waals surface area contributed by atoms with Crippen LogP contribution in [0.2, 0.25) is 0 Å². The molecule has 1 saturated carbocycles. The fourth-order valence-electron chi connectivity index (χ4n) is 4.80. The number of nitrogens with zero attached hydrogens (tertiary/aromatic N) is 4. The van der Waals surface area contributed by atoms with Gasteiger partial charge in [0, 0.05) is 48.9 Å². The summed E-state index contributed by atoms with van der Waals surface area (Å²) in [6.07, 6.45) is -1.98. The lowest BCUT2D eigenvalue weighted by molar-refractivity contribution is -0.165. The van der Waals surface area contributed by atoms with Crippen LogP contribution in [0.3, 0.4) is 0 Å². The van der Waals surface area contributed by atoms with Crippen molar-refractivity contribution in [3.8, 4) is 11.1 Å². The third kappa shape index (κ3) is 4.98. The smallest absolute Gasteiger partial charge is 0.358 e. The summed E-state index contributed by atoms with van der Waals surface area (Å²) in [5, 5.41) is 8.96. The molecule has 0 bridgehead atoms. The highest BCUT2D eigenvalue weighted by atomic mass is 19.4. The molecule has 13 heteroatoms. The molecule has 0 spiro atoms. The molecule has 2 aromatic carbocycles.